The van der Waals surface area contributed by atoms with Gasteiger partial charge in [0.05, 0.1) is 18.6 Å². The van der Waals surface area contributed by atoms with E-state index in [1.807, 2.05) is 5.10 Å². The highest BCUT2D eigenvalue weighted by Gasteiger charge is 2.44. The zero-order chi connectivity index (χ0) is 18.4. The lowest BCUT2D eigenvalue weighted by Gasteiger charge is -2.24. The predicted octanol–water partition coefficient (Wildman–Crippen LogP) is 2.36. The van der Waals surface area contributed by atoms with Gasteiger partial charge in [-0.25, -0.2) is 0 Å². The largest absolute Gasteiger partial charge is 0.504 e. The van der Waals surface area contributed by atoms with Gasteiger partial charge in [0.25, 0.3) is 0 Å². The summed E-state index contributed by atoms with van der Waals surface area (Å²) in [6.45, 7) is 0. The summed E-state index contributed by atoms with van der Waals surface area (Å²) in [4.78, 5) is 0. The van der Waals surface area contributed by atoms with Crippen molar-refractivity contribution >= 4 is 0 Å². The maximum absolute atomic E-state index is 13.3. The number of nitrogens with one attached hydrogen (secondary N) is 1. The van der Waals surface area contributed by atoms with E-state index in [0.717, 1.165) is 0 Å². The number of methoxy groups -OCH3 is 1. The number of fused-ring (bicyclic) bond motifs is 1. The standard InChI is InChI=1S/C15H11F3N4O3/c1-24-9-4-6(2-3-8(9)23)10-7(5-19)13(20)25-14-11(10)12(21-22-14)15(16,17)18/h2-4,10,23H,20H2,1H3,(H,21,22). The molecule has 2 heterocycles. The third kappa shape index (κ3) is 2.59. The van der Waals surface area contributed by atoms with E-state index in [2.05, 4.69) is 5.10 Å². The second-order valence-corrected chi connectivity index (χ2v) is 5.17. The van der Waals surface area contributed by atoms with Gasteiger partial charge in [-0.15, -0.1) is 5.10 Å². The SMILES string of the molecule is COc1cc(C2C(C#N)=C(N)Oc3n[nH]c(C(F)(F)F)c32)ccc1O. The first-order valence-electron chi connectivity index (χ1n) is 6.87. The highest BCUT2D eigenvalue weighted by atomic mass is 19.4. The van der Waals surface area contributed by atoms with Crippen molar-refractivity contribution in [2.75, 3.05) is 7.11 Å². The Bertz CT molecular complexity index is 912. The van der Waals surface area contributed by atoms with Crippen molar-refractivity contribution in [2.24, 2.45) is 5.73 Å². The van der Waals surface area contributed by atoms with Crippen molar-refractivity contribution in [2.45, 2.75) is 12.1 Å². The van der Waals surface area contributed by atoms with Gasteiger partial charge in [-0.2, -0.15) is 18.4 Å². The molecule has 7 nitrogen and oxygen atoms in total. The van der Waals surface area contributed by atoms with Crippen molar-refractivity contribution in [3.63, 3.8) is 0 Å². The number of nitrogens with zero attached hydrogens (tertiary/aromatic N) is 2. The van der Waals surface area contributed by atoms with Crippen LogP contribution >= 0.6 is 0 Å². The number of ether oxygens (including phenoxy) is 2. The van der Waals surface area contributed by atoms with E-state index in [1.54, 1.807) is 6.07 Å². The number of nitrogens with two attached hydrogens (primary N) is 1. The quantitative estimate of drug-likeness (QED) is 0.764. The highest BCUT2D eigenvalue weighted by molar-refractivity contribution is 5.57. The normalized spacial score (nSPS) is 16.8. The van der Waals surface area contributed by atoms with Crippen LogP contribution in [-0.4, -0.2) is 22.4 Å². The van der Waals surface area contributed by atoms with Crippen LogP contribution in [0.15, 0.2) is 29.7 Å². The third-order valence-corrected chi connectivity index (χ3v) is 3.76. The minimum absolute atomic E-state index is 0.0402. The average molecular weight is 352 g/mol. The first-order chi connectivity index (χ1) is 11.8. The van der Waals surface area contributed by atoms with Gasteiger partial charge in [0, 0.05) is 0 Å². The van der Waals surface area contributed by atoms with Gasteiger partial charge in [0.2, 0.25) is 11.8 Å². The minimum atomic E-state index is -4.74. The van der Waals surface area contributed by atoms with Crippen LogP contribution in [0.2, 0.25) is 0 Å². The molecule has 4 N–H and O–H groups in total. The lowest BCUT2D eigenvalue weighted by molar-refractivity contribution is -0.141. The number of allylic oxidation sites excluding steroid dienone is 1. The number of aromatic amines is 1. The monoisotopic (exact) mass is 352 g/mol. The van der Waals surface area contributed by atoms with Gasteiger partial charge in [0.15, 0.2) is 11.5 Å². The number of phenolic OH excluding ortho intramolecular Hbond substituents is 1. The van der Waals surface area contributed by atoms with Crippen LogP contribution in [0.25, 0.3) is 0 Å². The van der Waals surface area contributed by atoms with Crippen LogP contribution in [0.3, 0.4) is 0 Å². The Balaban J connectivity index is 2.27. The summed E-state index contributed by atoms with van der Waals surface area (Å²) in [5.74, 6) is -2.04. The van der Waals surface area contributed by atoms with Gasteiger partial charge in [-0.1, -0.05) is 6.07 Å². The summed E-state index contributed by atoms with van der Waals surface area (Å²) in [6.07, 6.45) is -4.74. The van der Waals surface area contributed by atoms with Gasteiger partial charge < -0.3 is 20.3 Å². The maximum Gasteiger partial charge on any atom is 0.433 e. The Morgan fingerprint density at radius 2 is 2.16 bits per heavy atom. The molecule has 3 rings (SSSR count). The predicted molar refractivity (Wildman–Crippen MR) is 77.5 cm³/mol. The molecule has 25 heavy (non-hydrogen) atoms. The number of hydrogen-bond donors (Lipinski definition) is 3. The fraction of sp³-hybridized carbons (Fsp3) is 0.200. The first kappa shape index (κ1) is 16.5. The lowest BCUT2D eigenvalue weighted by Crippen LogP contribution is -2.22. The Labute approximate surface area is 139 Å². The third-order valence-electron chi connectivity index (χ3n) is 3.76. The topological polar surface area (TPSA) is 117 Å². The molecule has 130 valence electrons. The minimum Gasteiger partial charge on any atom is -0.504 e. The second kappa shape index (κ2) is 5.62. The zero-order valence-electron chi connectivity index (χ0n) is 12.7. The number of halogens is 3. The molecule has 0 aliphatic carbocycles. The van der Waals surface area contributed by atoms with Crippen LogP contribution in [-0.2, 0) is 6.18 Å². The van der Waals surface area contributed by atoms with E-state index in [0.29, 0.717) is 0 Å². The number of hydrogen-bond acceptors (Lipinski definition) is 6. The van der Waals surface area contributed by atoms with Crippen molar-refractivity contribution in [1.29, 1.82) is 5.26 Å². The van der Waals surface area contributed by atoms with E-state index >= 15 is 0 Å². The van der Waals surface area contributed by atoms with Crippen LogP contribution in [0, 0.1) is 11.3 Å². The van der Waals surface area contributed by atoms with Crippen molar-refractivity contribution in [3.8, 4) is 23.4 Å². The molecule has 1 unspecified atom stereocenters. The molecule has 1 aliphatic heterocycles. The first-order valence-corrected chi connectivity index (χ1v) is 6.87. The molecule has 10 heteroatoms. The summed E-state index contributed by atoms with van der Waals surface area (Å²) < 4.78 is 50.0. The number of nitriles is 1. The van der Waals surface area contributed by atoms with E-state index < -0.39 is 17.8 Å². The number of aromatic hydroxyl groups is 1. The summed E-state index contributed by atoms with van der Waals surface area (Å²) in [6, 6.07) is 5.73. The Morgan fingerprint density at radius 1 is 1.44 bits per heavy atom. The zero-order valence-corrected chi connectivity index (χ0v) is 12.7. The van der Waals surface area contributed by atoms with Crippen LogP contribution in [0.1, 0.15) is 22.7 Å². The van der Waals surface area contributed by atoms with Gasteiger partial charge in [-0.3, -0.25) is 5.10 Å². The molecule has 0 fully saturated rings. The molecule has 1 aromatic carbocycles. The lowest BCUT2D eigenvalue weighted by atomic mass is 9.83. The molecule has 1 aliphatic rings. The molecular weight excluding hydrogens is 341 g/mol. The fourth-order valence-electron chi connectivity index (χ4n) is 2.67. The highest BCUT2D eigenvalue weighted by Crippen LogP contribution is 2.47. The average Bonchev–Trinajstić information content (AvgIpc) is 2.97. The molecule has 2 aromatic rings. The summed E-state index contributed by atoms with van der Waals surface area (Å²) in [7, 11) is 1.29. The van der Waals surface area contributed by atoms with Gasteiger partial charge >= 0.3 is 6.18 Å². The van der Waals surface area contributed by atoms with E-state index in [9.17, 15) is 23.5 Å². The van der Waals surface area contributed by atoms with Crippen LogP contribution in [0.4, 0.5) is 13.2 Å². The molecule has 0 spiro atoms. The van der Waals surface area contributed by atoms with E-state index in [4.69, 9.17) is 15.2 Å². The number of H-pyrrole nitrogens is 1. The van der Waals surface area contributed by atoms with E-state index in [-0.39, 0.29) is 40.0 Å². The molecule has 0 saturated carbocycles. The molecule has 0 saturated heterocycles. The van der Waals surface area contributed by atoms with Crippen molar-refractivity contribution in [3.05, 3.63) is 46.5 Å². The number of rotatable bonds is 2. The second-order valence-electron chi connectivity index (χ2n) is 5.17. The Hall–Kier alpha value is -3.35. The summed E-state index contributed by atoms with van der Waals surface area (Å²) in [5.41, 5.74) is 4.23. The molecular formula is C15H11F3N4O3. The maximum atomic E-state index is 13.3. The number of aromatic nitrogens is 2. The van der Waals surface area contributed by atoms with E-state index in [1.165, 1.54) is 25.3 Å². The van der Waals surface area contributed by atoms with Crippen LogP contribution in [0.5, 0.6) is 17.4 Å². The van der Waals surface area contributed by atoms with Crippen molar-refractivity contribution in [1.82, 2.24) is 10.2 Å². The van der Waals surface area contributed by atoms with Gasteiger partial charge in [-0.05, 0) is 17.7 Å². The van der Waals surface area contributed by atoms with Gasteiger partial charge in [0.1, 0.15) is 17.3 Å². The number of phenols is 1. The summed E-state index contributed by atoms with van der Waals surface area (Å²) in [5, 5.41) is 24.5. The molecule has 0 bridgehead atoms. The smallest absolute Gasteiger partial charge is 0.433 e. The molecule has 1 atom stereocenters. The fourth-order valence-corrected chi connectivity index (χ4v) is 2.67. The Morgan fingerprint density at radius 3 is 2.76 bits per heavy atom. The van der Waals surface area contributed by atoms with Crippen LogP contribution < -0.4 is 15.2 Å². The molecule has 0 amide bonds. The number of benzene rings is 1. The summed E-state index contributed by atoms with van der Waals surface area (Å²) >= 11 is 0. The Kier molecular flexibility index (Phi) is 3.71. The molecule has 1 aromatic heterocycles. The molecule has 0 radical (unpaired) electrons. The number of alkyl halides is 3. The van der Waals surface area contributed by atoms with Crippen molar-refractivity contribution < 1.29 is 27.8 Å².